The maximum atomic E-state index is 11.5. The highest BCUT2D eigenvalue weighted by Gasteiger charge is 2.02. The Kier molecular flexibility index (Phi) is 5.15. The Bertz CT molecular complexity index is 537. The lowest BCUT2D eigenvalue weighted by atomic mass is 10.1. The Morgan fingerprint density at radius 2 is 1.60 bits per heavy atom. The molecule has 2 aromatic carbocycles. The number of aliphatic hydroxyl groups excluding tert-OH is 1. The van der Waals surface area contributed by atoms with E-state index in [4.69, 9.17) is 9.84 Å². The lowest BCUT2D eigenvalue weighted by Gasteiger charge is -2.07. The van der Waals surface area contributed by atoms with Gasteiger partial charge in [0.1, 0.15) is 6.61 Å². The number of alkyl carbamates (subject to hydrolysis) is 1. The third kappa shape index (κ3) is 4.40. The Balaban J connectivity index is 1.74. The molecule has 0 atom stereocenters. The first-order valence-electron chi connectivity index (χ1n) is 6.41. The van der Waals surface area contributed by atoms with Crippen LogP contribution in [-0.2, 0) is 24.5 Å². The molecule has 4 heteroatoms. The van der Waals surface area contributed by atoms with Crippen molar-refractivity contribution in [1.29, 1.82) is 0 Å². The van der Waals surface area contributed by atoms with Crippen molar-refractivity contribution in [2.45, 2.75) is 19.8 Å². The molecule has 0 heterocycles. The highest BCUT2D eigenvalue weighted by Crippen LogP contribution is 2.04. The minimum Gasteiger partial charge on any atom is -0.445 e. The minimum absolute atomic E-state index is 0.0207. The summed E-state index contributed by atoms with van der Waals surface area (Å²) in [5.74, 6) is 0. The van der Waals surface area contributed by atoms with Crippen LogP contribution in [0.1, 0.15) is 16.7 Å². The molecule has 2 N–H and O–H groups in total. The van der Waals surface area contributed by atoms with Crippen molar-refractivity contribution in [2.75, 3.05) is 0 Å². The van der Waals surface area contributed by atoms with E-state index in [1.54, 1.807) is 0 Å². The SMILES string of the molecule is O=C(NCc1ccc(CO)cc1)OCc1ccccc1. The van der Waals surface area contributed by atoms with Gasteiger partial charge in [0.15, 0.2) is 0 Å². The second kappa shape index (κ2) is 7.31. The van der Waals surface area contributed by atoms with Gasteiger partial charge in [0.05, 0.1) is 6.61 Å². The Hall–Kier alpha value is -2.33. The zero-order chi connectivity index (χ0) is 14.2. The molecule has 0 aliphatic rings. The van der Waals surface area contributed by atoms with Crippen LogP contribution in [0.25, 0.3) is 0 Å². The van der Waals surface area contributed by atoms with Crippen LogP contribution >= 0.6 is 0 Å². The van der Waals surface area contributed by atoms with Crippen molar-refractivity contribution in [3.63, 3.8) is 0 Å². The van der Waals surface area contributed by atoms with Crippen LogP contribution in [0.2, 0.25) is 0 Å². The summed E-state index contributed by atoms with van der Waals surface area (Å²) in [7, 11) is 0. The fourth-order valence-corrected chi connectivity index (χ4v) is 1.71. The van der Waals surface area contributed by atoms with Crippen LogP contribution in [-0.4, -0.2) is 11.2 Å². The minimum atomic E-state index is -0.444. The van der Waals surface area contributed by atoms with Crippen molar-refractivity contribution in [2.24, 2.45) is 0 Å². The van der Waals surface area contributed by atoms with E-state index in [-0.39, 0.29) is 13.2 Å². The summed E-state index contributed by atoms with van der Waals surface area (Å²) in [5, 5.41) is 11.6. The van der Waals surface area contributed by atoms with Gasteiger partial charge in [-0.05, 0) is 16.7 Å². The van der Waals surface area contributed by atoms with Gasteiger partial charge in [-0.3, -0.25) is 0 Å². The number of ether oxygens (including phenoxy) is 1. The third-order valence-corrected chi connectivity index (χ3v) is 2.86. The van der Waals surface area contributed by atoms with E-state index in [2.05, 4.69) is 5.32 Å². The standard InChI is InChI=1S/C16H17NO3/c18-11-14-8-6-13(7-9-14)10-17-16(19)20-12-15-4-2-1-3-5-15/h1-9,18H,10-12H2,(H,17,19). The fourth-order valence-electron chi connectivity index (χ4n) is 1.71. The van der Waals surface area contributed by atoms with Gasteiger partial charge in [-0.15, -0.1) is 0 Å². The van der Waals surface area contributed by atoms with Crippen LogP contribution in [0.5, 0.6) is 0 Å². The summed E-state index contributed by atoms with van der Waals surface area (Å²) in [5.41, 5.74) is 2.76. The molecule has 0 radical (unpaired) electrons. The lowest BCUT2D eigenvalue weighted by Crippen LogP contribution is -2.23. The number of rotatable bonds is 5. The molecule has 0 fully saturated rings. The first kappa shape index (κ1) is 14.1. The molecule has 2 aromatic rings. The Morgan fingerprint density at radius 1 is 0.950 bits per heavy atom. The predicted octanol–water partition coefficient (Wildman–Crippen LogP) is 2.61. The molecule has 0 aliphatic heterocycles. The first-order valence-corrected chi connectivity index (χ1v) is 6.41. The molecular weight excluding hydrogens is 254 g/mol. The molecule has 0 saturated carbocycles. The second-order valence-electron chi connectivity index (χ2n) is 4.39. The number of benzene rings is 2. The number of amides is 1. The largest absolute Gasteiger partial charge is 0.445 e. The summed E-state index contributed by atoms with van der Waals surface area (Å²) in [6.07, 6.45) is -0.444. The number of hydrogen-bond donors (Lipinski definition) is 2. The first-order chi connectivity index (χ1) is 9.78. The van der Waals surface area contributed by atoms with E-state index in [1.165, 1.54) is 0 Å². The lowest BCUT2D eigenvalue weighted by molar-refractivity contribution is 0.139. The van der Waals surface area contributed by atoms with E-state index < -0.39 is 6.09 Å². The van der Waals surface area contributed by atoms with Gasteiger partial charge < -0.3 is 15.2 Å². The zero-order valence-electron chi connectivity index (χ0n) is 11.1. The van der Waals surface area contributed by atoms with Crippen LogP contribution in [0.15, 0.2) is 54.6 Å². The summed E-state index contributed by atoms with van der Waals surface area (Å²) < 4.78 is 5.10. The number of nitrogens with one attached hydrogen (secondary N) is 1. The molecule has 0 bridgehead atoms. The van der Waals surface area contributed by atoms with Crippen LogP contribution in [0, 0.1) is 0 Å². The Labute approximate surface area is 118 Å². The van der Waals surface area contributed by atoms with E-state index >= 15 is 0 Å². The maximum absolute atomic E-state index is 11.5. The smallest absolute Gasteiger partial charge is 0.407 e. The van der Waals surface area contributed by atoms with Crippen molar-refractivity contribution < 1.29 is 14.6 Å². The average Bonchev–Trinajstić information content (AvgIpc) is 2.52. The van der Waals surface area contributed by atoms with E-state index in [9.17, 15) is 4.79 Å². The quantitative estimate of drug-likeness (QED) is 0.878. The number of carbonyl (C=O) groups is 1. The molecule has 0 unspecified atom stereocenters. The summed E-state index contributed by atoms with van der Waals surface area (Å²) in [6, 6.07) is 16.9. The van der Waals surface area contributed by atoms with E-state index in [1.807, 2.05) is 54.6 Å². The van der Waals surface area contributed by atoms with Crippen molar-refractivity contribution in [1.82, 2.24) is 5.32 Å². The van der Waals surface area contributed by atoms with Crippen molar-refractivity contribution in [3.8, 4) is 0 Å². The zero-order valence-corrected chi connectivity index (χ0v) is 11.1. The molecule has 0 aliphatic carbocycles. The maximum Gasteiger partial charge on any atom is 0.407 e. The van der Waals surface area contributed by atoms with Gasteiger partial charge in [-0.2, -0.15) is 0 Å². The van der Waals surface area contributed by atoms with Gasteiger partial charge in [0, 0.05) is 6.54 Å². The molecule has 2 rings (SSSR count). The fraction of sp³-hybridized carbons (Fsp3) is 0.188. The summed E-state index contributed by atoms with van der Waals surface area (Å²) in [4.78, 5) is 11.5. The molecule has 1 amide bonds. The van der Waals surface area contributed by atoms with Crippen LogP contribution < -0.4 is 5.32 Å². The van der Waals surface area contributed by atoms with Gasteiger partial charge in [-0.25, -0.2) is 4.79 Å². The molecule has 104 valence electrons. The molecule has 0 spiro atoms. The van der Waals surface area contributed by atoms with Gasteiger partial charge in [-0.1, -0.05) is 54.6 Å². The predicted molar refractivity (Wildman–Crippen MR) is 75.8 cm³/mol. The molecule has 4 nitrogen and oxygen atoms in total. The third-order valence-electron chi connectivity index (χ3n) is 2.86. The molecule has 0 saturated heterocycles. The monoisotopic (exact) mass is 271 g/mol. The number of carbonyl (C=O) groups excluding carboxylic acids is 1. The van der Waals surface area contributed by atoms with Crippen molar-refractivity contribution >= 4 is 6.09 Å². The van der Waals surface area contributed by atoms with E-state index in [0.29, 0.717) is 6.54 Å². The van der Waals surface area contributed by atoms with Gasteiger partial charge in [0.25, 0.3) is 0 Å². The molecular formula is C16H17NO3. The highest BCUT2D eigenvalue weighted by molar-refractivity contribution is 5.67. The van der Waals surface area contributed by atoms with Gasteiger partial charge >= 0.3 is 6.09 Å². The summed E-state index contributed by atoms with van der Waals surface area (Å²) >= 11 is 0. The molecule has 0 aromatic heterocycles. The molecule has 20 heavy (non-hydrogen) atoms. The van der Waals surface area contributed by atoms with Gasteiger partial charge in [0.2, 0.25) is 0 Å². The van der Waals surface area contributed by atoms with Crippen LogP contribution in [0.3, 0.4) is 0 Å². The number of hydrogen-bond acceptors (Lipinski definition) is 3. The summed E-state index contributed by atoms with van der Waals surface area (Å²) in [6.45, 7) is 0.683. The Morgan fingerprint density at radius 3 is 2.25 bits per heavy atom. The average molecular weight is 271 g/mol. The number of aliphatic hydroxyl groups is 1. The van der Waals surface area contributed by atoms with E-state index in [0.717, 1.165) is 16.7 Å². The van der Waals surface area contributed by atoms with Crippen molar-refractivity contribution in [3.05, 3.63) is 71.3 Å². The second-order valence-corrected chi connectivity index (χ2v) is 4.39. The normalized spacial score (nSPS) is 10.1. The topological polar surface area (TPSA) is 58.6 Å². The highest BCUT2D eigenvalue weighted by atomic mass is 16.5. The van der Waals surface area contributed by atoms with Crippen LogP contribution in [0.4, 0.5) is 4.79 Å².